The first-order chi connectivity index (χ1) is 16.3. The molecule has 1 heterocycles. The smallest absolute Gasteiger partial charge is 0.200 e. The summed E-state index contributed by atoms with van der Waals surface area (Å²) in [5.74, 6) is 0.795. The van der Waals surface area contributed by atoms with E-state index < -0.39 is 6.29 Å². The van der Waals surface area contributed by atoms with Crippen molar-refractivity contribution < 1.29 is 37.9 Å². The second kappa shape index (κ2) is 17.2. The second-order valence-electron chi connectivity index (χ2n) is 7.74. The van der Waals surface area contributed by atoms with E-state index in [0.717, 1.165) is 30.8 Å². The lowest BCUT2D eigenvalue weighted by molar-refractivity contribution is -0.109. The summed E-state index contributed by atoms with van der Waals surface area (Å²) in [4.78, 5) is 9.19. The van der Waals surface area contributed by atoms with E-state index in [1.807, 2.05) is 6.07 Å². The molecule has 33 heavy (non-hydrogen) atoms. The molecule has 0 aliphatic heterocycles. The van der Waals surface area contributed by atoms with E-state index in [0.29, 0.717) is 72.7 Å². The summed E-state index contributed by atoms with van der Waals surface area (Å²) in [5.41, 5.74) is 0.584. The maximum absolute atomic E-state index is 5.91. The summed E-state index contributed by atoms with van der Waals surface area (Å²) in [6, 6.07) is 1.81. The molecule has 0 N–H and O–H groups in total. The van der Waals surface area contributed by atoms with E-state index in [1.54, 1.807) is 27.5 Å². The van der Waals surface area contributed by atoms with E-state index in [2.05, 4.69) is 9.97 Å². The van der Waals surface area contributed by atoms with Crippen molar-refractivity contribution in [2.24, 2.45) is 0 Å². The summed E-state index contributed by atoms with van der Waals surface area (Å²) in [6.45, 7) is 6.04. The number of hydrogen-bond acceptors (Lipinski definition) is 10. The summed E-state index contributed by atoms with van der Waals surface area (Å²) < 4.78 is 43.2. The molecule has 0 unspecified atom stereocenters. The molecule has 0 amide bonds. The van der Waals surface area contributed by atoms with E-state index in [9.17, 15) is 0 Å². The summed E-state index contributed by atoms with van der Waals surface area (Å²) in [5, 5.41) is 0. The maximum atomic E-state index is 5.91. The minimum absolute atomic E-state index is 0.139. The molecule has 1 aromatic rings. The van der Waals surface area contributed by atoms with Crippen molar-refractivity contribution in [3.63, 3.8) is 0 Å². The predicted molar refractivity (Wildman–Crippen MR) is 120 cm³/mol. The lowest BCUT2D eigenvalue weighted by Crippen LogP contribution is -2.41. The Labute approximate surface area is 197 Å². The predicted octanol–water partition coefficient (Wildman–Crippen LogP) is 1.92. The van der Waals surface area contributed by atoms with Gasteiger partial charge in [0.1, 0.15) is 5.82 Å². The van der Waals surface area contributed by atoms with Gasteiger partial charge in [-0.15, -0.1) is 0 Å². The average molecular weight is 473 g/mol. The second-order valence-corrected chi connectivity index (χ2v) is 7.74. The van der Waals surface area contributed by atoms with Crippen molar-refractivity contribution in [3.8, 4) is 0 Å². The molecule has 0 atom stereocenters. The quantitative estimate of drug-likeness (QED) is 0.195. The molecule has 2 rings (SSSR count). The zero-order valence-electron chi connectivity index (χ0n) is 20.3. The van der Waals surface area contributed by atoms with Crippen molar-refractivity contribution in [3.05, 3.63) is 23.8 Å². The third kappa shape index (κ3) is 10.3. The van der Waals surface area contributed by atoms with Gasteiger partial charge in [-0.3, -0.25) is 0 Å². The fourth-order valence-electron chi connectivity index (χ4n) is 3.42. The van der Waals surface area contributed by atoms with Crippen LogP contribution in [0, 0.1) is 0 Å². The van der Waals surface area contributed by atoms with Crippen LogP contribution in [0.3, 0.4) is 0 Å². The molecule has 190 valence electrons. The Bertz CT molecular complexity index is 614. The zero-order valence-corrected chi connectivity index (χ0v) is 20.3. The Morgan fingerprint density at radius 3 is 1.73 bits per heavy atom. The van der Waals surface area contributed by atoms with Gasteiger partial charge in [-0.1, -0.05) is 6.42 Å². The zero-order chi connectivity index (χ0) is 23.6. The SMILES string of the molecule is COCCOCCOCCOCCOCCOCC1(c2nccc(C(OC)OC)n2)CCC1. The van der Waals surface area contributed by atoms with Gasteiger partial charge in [-0.2, -0.15) is 0 Å². The molecule has 1 aliphatic carbocycles. The van der Waals surface area contributed by atoms with Crippen molar-refractivity contribution in [1.82, 2.24) is 9.97 Å². The fraction of sp³-hybridized carbons (Fsp3) is 0.826. The summed E-state index contributed by atoms with van der Waals surface area (Å²) >= 11 is 0. The van der Waals surface area contributed by atoms with Gasteiger partial charge in [0.25, 0.3) is 0 Å². The minimum atomic E-state index is -0.493. The van der Waals surface area contributed by atoms with Crippen LogP contribution in [0.4, 0.5) is 0 Å². The molecule has 0 bridgehead atoms. The standard InChI is InChI=1S/C23H40N2O8/c1-26-9-10-29-11-12-30-13-14-31-15-16-32-17-18-33-19-23(6-4-7-23)22-24-8-5-20(25-22)21(27-2)28-3/h5,8,21H,4,6-7,9-19H2,1-3H3. The van der Waals surface area contributed by atoms with Crippen LogP contribution < -0.4 is 0 Å². The van der Waals surface area contributed by atoms with Crippen LogP contribution in [0.15, 0.2) is 12.3 Å². The van der Waals surface area contributed by atoms with Crippen LogP contribution in [0.5, 0.6) is 0 Å². The first-order valence-corrected chi connectivity index (χ1v) is 11.5. The highest BCUT2D eigenvalue weighted by Crippen LogP contribution is 2.42. The van der Waals surface area contributed by atoms with Crippen LogP contribution in [0.25, 0.3) is 0 Å². The first-order valence-electron chi connectivity index (χ1n) is 11.5. The highest BCUT2D eigenvalue weighted by molar-refractivity contribution is 5.16. The van der Waals surface area contributed by atoms with E-state index in [-0.39, 0.29) is 5.41 Å². The number of ether oxygens (including phenoxy) is 8. The normalized spacial score (nSPS) is 15.2. The van der Waals surface area contributed by atoms with Gasteiger partial charge in [-0.05, 0) is 18.9 Å². The molecule has 10 heteroatoms. The topological polar surface area (TPSA) is 99.6 Å². The van der Waals surface area contributed by atoms with Crippen LogP contribution in [-0.2, 0) is 43.3 Å². The Hall–Kier alpha value is -1.24. The number of nitrogens with zero attached hydrogens (tertiary/aromatic N) is 2. The van der Waals surface area contributed by atoms with Crippen molar-refractivity contribution in [2.75, 3.05) is 94.0 Å². The number of aromatic nitrogens is 2. The highest BCUT2D eigenvalue weighted by atomic mass is 16.7. The number of hydrogen-bond donors (Lipinski definition) is 0. The minimum Gasteiger partial charge on any atom is -0.382 e. The van der Waals surface area contributed by atoms with Gasteiger partial charge in [0.15, 0.2) is 0 Å². The van der Waals surface area contributed by atoms with Crippen LogP contribution in [-0.4, -0.2) is 104 Å². The molecular formula is C23H40N2O8. The molecular weight excluding hydrogens is 432 g/mol. The Kier molecular flexibility index (Phi) is 14.6. The molecule has 1 saturated carbocycles. The molecule has 0 spiro atoms. The third-order valence-corrected chi connectivity index (χ3v) is 5.43. The van der Waals surface area contributed by atoms with Gasteiger partial charge in [0, 0.05) is 27.5 Å². The molecule has 0 saturated heterocycles. The average Bonchev–Trinajstić information content (AvgIpc) is 2.81. The summed E-state index contributed by atoms with van der Waals surface area (Å²) in [6.07, 6.45) is 4.43. The molecule has 1 aromatic heterocycles. The van der Waals surface area contributed by atoms with Crippen LogP contribution in [0.2, 0.25) is 0 Å². The molecule has 10 nitrogen and oxygen atoms in total. The Morgan fingerprint density at radius 1 is 0.758 bits per heavy atom. The lowest BCUT2D eigenvalue weighted by Gasteiger charge is -2.40. The van der Waals surface area contributed by atoms with E-state index in [4.69, 9.17) is 37.9 Å². The lowest BCUT2D eigenvalue weighted by atomic mass is 9.68. The van der Waals surface area contributed by atoms with Gasteiger partial charge in [0.05, 0.1) is 83.8 Å². The monoisotopic (exact) mass is 472 g/mol. The molecule has 1 fully saturated rings. The van der Waals surface area contributed by atoms with Gasteiger partial charge >= 0.3 is 0 Å². The molecule has 0 aromatic carbocycles. The van der Waals surface area contributed by atoms with Gasteiger partial charge in [0.2, 0.25) is 6.29 Å². The van der Waals surface area contributed by atoms with Crippen molar-refractivity contribution in [1.29, 1.82) is 0 Å². The highest BCUT2D eigenvalue weighted by Gasteiger charge is 2.42. The van der Waals surface area contributed by atoms with Crippen LogP contribution >= 0.6 is 0 Å². The van der Waals surface area contributed by atoms with E-state index in [1.165, 1.54) is 0 Å². The van der Waals surface area contributed by atoms with Gasteiger partial charge < -0.3 is 37.9 Å². The third-order valence-electron chi connectivity index (χ3n) is 5.43. The number of methoxy groups -OCH3 is 3. The Morgan fingerprint density at radius 2 is 1.27 bits per heavy atom. The number of rotatable bonds is 21. The largest absolute Gasteiger partial charge is 0.382 e. The maximum Gasteiger partial charge on any atom is 0.200 e. The Balaban J connectivity index is 1.50. The van der Waals surface area contributed by atoms with Crippen molar-refractivity contribution in [2.45, 2.75) is 31.0 Å². The first kappa shape index (κ1) is 28.0. The van der Waals surface area contributed by atoms with Crippen LogP contribution in [0.1, 0.15) is 37.1 Å². The molecule has 0 radical (unpaired) electrons. The van der Waals surface area contributed by atoms with Crippen molar-refractivity contribution >= 4 is 0 Å². The van der Waals surface area contributed by atoms with E-state index >= 15 is 0 Å². The summed E-state index contributed by atoms with van der Waals surface area (Å²) in [7, 11) is 4.84. The fourth-order valence-corrected chi connectivity index (χ4v) is 3.42. The van der Waals surface area contributed by atoms with Gasteiger partial charge in [-0.25, -0.2) is 9.97 Å². The molecule has 1 aliphatic rings.